The Bertz CT molecular complexity index is 155. The summed E-state index contributed by atoms with van der Waals surface area (Å²) < 4.78 is 14.3. The van der Waals surface area contributed by atoms with Crippen LogP contribution in [0.5, 0.6) is 5.75 Å². The Labute approximate surface area is 62.5 Å². The van der Waals surface area contributed by atoms with E-state index in [2.05, 4.69) is 9.47 Å². The number of benzene rings is 1. The van der Waals surface area contributed by atoms with Crippen LogP contribution in [-0.4, -0.2) is 7.18 Å². The zero-order chi connectivity index (χ0) is 7.82. The molecule has 56 valence electrons. The van der Waals surface area contributed by atoms with Gasteiger partial charge in [0.2, 0.25) is 0 Å². The standard InChI is InChI=1S/C6H7OP.CH3F/c8-7-6-4-2-1-3-5-6;1-2/h1-5H,8H2;1H3. The molecular weight excluding hydrogens is 150 g/mol. The van der Waals surface area contributed by atoms with E-state index in [0.29, 0.717) is 7.18 Å². The molecule has 0 heterocycles. The number of halogens is 1. The molecule has 1 unspecified atom stereocenters. The van der Waals surface area contributed by atoms with E-state index in [0.717, 1.165) is 5.75 Å². The first-order chi connectivity index (χ1) is 4.93. The quantitative estimate of drug-likeness (QED) is 0.573. The molecule has 0 radical (unpaired) electrons. The van der Waals surface area contributed by atoms with Crippen molar-refractivity contribution in [1.82, 2.24) is 0 Å². The molecule has 0 saturated carbocycles. The van der Waals surface area contributed by atoms with Crippen LogP contribution in [0.3, 0.4) is 0 Å². The summed E-state index contributed by atoms with van der Waals surface area (Å²) in [6, 6.07) is 9.60. The lowest BCUT2D eigenvalue weighted by molar-refractivity contribution is 0.636. The molecule has 0 aliphatic heterocycles. The van der Waals surface area contributed by atoms with Crippen molar-refractivity contribution in [3.05, 3.63) is 30.3 Å². The lowest BCUT2D eigenvalue weighted by atomic mass is 10.3. The van der Waals surface area contributed by atoms with Gasteiger partial charge in [0.05, 0.1) is 16.6 Å². The molecule has 1 nitrogen and oxygen atoms in total. The highest BCUT2D eigenvalue weighted by Crippen LogP contribution is 2.09. The van der Waals surface area contributed by atoms with Gasteiger partial charge in [-0.1, -0.05) is 18.2 Å². The molecule has 0 fully saturated rings. The predicted molar refractivity (Wildman–Crippen MR) is 43.8 cm³/mol. The van der Waals surface area contributed by atoms with Crippen molar-refractivity contribution in [3.8, 4) is 5.75 Å². The van der Waals surface area contributed by atoms with Gasteiger partial charge in [-0.25, -0.2) is 0 Å². The minimum absolute atomic E-state index is 0.500. The van der Waals surface area contributed by atoms with E-state index in [9.17, 15) is 4.39 Å². The van der Waals surface area contributed by atoms with Crippen LogP contribution in [0.15, 0.2) is 30.3 Å². The topological polar surface area (TPSA) is 9.23 Å². The van der Waals surface area contributed by atoms with Crippen LogP contribution in [0.1, 0.15) is 0 Å². The highest BCUT2D eigenvalue weighted by molar-refractivity contribution is 7.10. The summed E-state index contributed by atoms with van der Waals surface area (Å²) >= 11 is 0. The average molecular weight is 160 g/mol. The molecule has 0 aliphatic rings. The maximum absolute atomic E-state index is 9.50. The predicted octanol–water partition coefficient (Wildman–Crippen LogP) is 2.44. The van der Waals surface area contributed by atoms with Gasteiger partial charge in [0, 0.05) is 0 Å². The van der Waals surface area contributed by atoms with Crippen molar-refractivity contribution >= 4 is 9.47 Å². The van der Waals surface area contributed by atoms with E-state index in [-0.39, 0.29) is 0 Å². The van der Waals surface area contributed by atoms with Gasteiger partial charge in [0.25, 0.3) is 0 Å². The third-order valence-electron chi connectivity index (χ3n) is 0.879. The van der Waals surface area contributed by atoms with Crippen molar-refractivity contribution in [3.63, 3.8) is 0 Å². The Kier molecular flexibility index (Phi) is 6.10. The second kappa shape index (κ2) is 6.50. The molecule has 1 aromatic rings. The average Bonchev–Trinajstić information content (AvgIpc) is 2.10. The van der Waals surface area contributed by atoms with Crippen LogP contribution in [-0.2, 0) is 0 Å². The second-order valence-corrected chi connectivity index (χ2v) is 1.67. The number of hydrogen-bond acceptors (Lipinski definition) is 1. The number of alkyl halides is 1. The molecule has 0 aliphatic carbocycles. The van der Waals surface area contributed by atoms with Crippen LogP contribution < -0.4 is 4.52 Å². The maximum atomic E-state index is 9.50. The molecule has 0 spiro atoms. The smallest absolute Gasteiger partial charge is 0.122 e. The first kappa shape index (κ1) is 9.38. The molecule has 3 heteroatoms. The summed E-state index contributed by atoms with van der Waals surface area (Å²) in [5.41, 5.74) is 0. The summed E-state index contributed by atoms with van der Waals surface area (Å²) in [5, 5.41) is 0. The third-order valence-corrected chi connectivity index (χ3v) is 1.15. The van der Waals surface area contributed by atoms with E-state index in [1.807, 2.05) is 30.3 Å². The lowest BCUT2D eigenvalue weighted by Crippen LogP contribution is -1.68. The molecule has 1 rings (SSSR count). The molecule has 1 aromatic carbocycles. The lowest BCUT2D eigenvalue weighted by Gasteiger charge is -1.93. The molecule has 0 amide bonds. The van der Waals surface area contributed by atoms with Gasteiger partial charge >= 0.3 is 0 Å². The van der Waals surface area contributed by atoms with E-state index < -0.39 is 0 Å². The normalized spacial score (nSPS) is 7.50. The monoisotopic (exact) mass is 160 g/mol. The first-order valence-electron chi connectivity index (χ1n) is 2.73. The van der Waals surface area contributed by atoms with Crippen LogP contribution in [0, 0.1) is 0 Å². The highest BCUT2D eigenvalue weighted by atomic mass is 31.0. The van der Waals surface area contributed by atoms with Crippen LogP contribution in [0.4, 0.5) is 4.39 Å². The maximum Gasteiger partial charge on any atom is 0.122 e. The summed E-state index contributed by atoms with van der Waals surface area (Å²) in [6.45, 7) is 0. The minimum Gasteiger partial charge on any atom is -0.480 e. The van der Waals surface area contributed by atoms with Crippen LogP contribution >= 0.6 is 9.47 Å². The Morgan fingerprint density at radius 2 is 1.70 bits per heavy atom. The zero-order valence-electron chi connectivity index (χ0n) is 5.75. The third kappa shape index (κ3) is 3.41. The fourth-order valence-electron chi connectivity index (χ4n) is 0.499. The Balaban J connectivity index is 0.000000371. The molecule has 10 heavy (non-hydrogen) atoms. The van der Waals surface area contributed by atoms with Gasteiger partial charge in [0.1, 0.15) is 5.75 Å². The Hall–Kier alpha value is -0.620. The number of para-hydroxylation sites is 1. The van der Waals surface area contributed by atoms with Gasteiger partial charge in [-0.3, -0.25) is 4.39 Å². The van der Waals surface area contributed by atoms with Gasteiger partial charge in [0.15, 0.2) is 0 Å². The zero-order valence-corrected chi connectivity index (χ0v) is 6.91. The number of rotatable bonds is 1. The molecule has 0 N–H and O–H groups in total. The molecule has 0 bridgehead atoms. The summed E-state index contributed by atoms with van der Waals surface area (Å²) in [5.74, 6) is 0.873. The summed E-state index contributed by atoms with van der Waals surface area (Å²) in [4.78, 5) is 0. The fraction of sp³-hybridized carbons (Fsp3) is 0.143. The molecule has 0 aromatic heterocycles. The van der Waals surface area contributed by atoms with Gasteiger partial charge in [-0.05, 0) is 12.1 Å². The van der Waals surface area contributed by atoms with Crippen molar-refractivity contribution in [1.29, 1.82) is 0 Å². The van der Waals surface area contributed by atoms with Crippen molar-refractivity contribution < 1.29 is 8.91 Å². The highest BCUT2D eigenvalue weighted by Gasteiger charge is 1.80. The summed E-state index contributed by atoms with van der Waals surface area (Å²) in [7, 11) is 2.69. The molecular formula is C7H10FOP. The van der Waals surface area contributed by atoms with Crippen LogP contribution in [0.2, 0.25) is 0 Å². The van der Waals surface area contributed by atoms with E-state index >= 15 is 0 Å². The van der Waals surface area contributed by atoms with Gasteiger partial charge in [-0.2, -0.15) is 0 Å². The van der Waals surface area contributed by atoms with E-state index in [1.54, 1.807) is 0 Å². The van der Waals surface area contributed by atoms with Crippen molar-refractivity contribution in [2.45, 2.75) is 0 Å². The van der Waals surface area contributed by atoms with Crippen LogP contribution in [0.25, 0.3) is 0 Å². The summed E-state index contributed by atoms with van der Waals surface area (Å²) in [6.07, 6.45) is 0. The SMILES string of the molecule is CF.POc1ccccc1. The Morgan fingerprint density at radius 1 is 1.20 bits per heavy atom. The first-order valence-corrected chi connectivity index (χ1v) is 3.20. The molecule has 1 atom stereocenters. The largest absolute Gasteiger partial charge is 0.480 e. The van der Waals surface area contributed by atoms with Crippen molar-refractivity contribution in [2.75, 3.05) is 7.18 Å². The fourth-order valence-corrected chi connectivity index (χ4v) is 0.656. The van der Waals surface area contributed by atoms with Crippen molar-refractivity contribution in [2.24, 2.45) is 0 Å². The van der Waals surface area contributed by atoms with Gasteiger partial charge in [-0.15, -0.1) is 0 Å². The van der Waals surface area contributed by atoms with E-state index in [4.69, 9.17) is 4.52 Å². The Morgan fingerprint density at radius 3 is 2.00 bits per heavy atom. The minimum atomic E-state index is 0.500. The molecule has 0 saturated heterocycles. The second-order valence-electron chi connectivity index (χ2n) is 1.43. The number of hydrogen-bond donors (Lipinski definition) is 0. The van der Waals surface area contributed by atoms with E-state index in [1.165, 1.54) is 0 Å². The van der Waals surface area contributed by atoms with Gasteiger partial charge < -0.3 is 4.52 Å².